The van der Waals surface area contributed by atoms with Crippen molar-refractivity contribution in [1.29, 1.82) is 0 Å². The highest BCUT2D eigenvalue weighted by atomic mass is 31.1. The molecule has 0 saturated heterocycles. The number of hydrogen-bond donors (Lipinski definition) is 2. The van der Waals surface area contributed by atoms with Crippen molar-refractivity contribution >= 4 is 21.1 Å². The first-order chi connectivity index (χ1) is 8.60. The number of rotatable bonds is 12. The lowest BCUT2D eigenvalue weighted by molar-refractivity contribution is -0.150. The molecule has 10 heteroatoms. The van der Waals surface area contributed by atoms with Crippen molar-refractivity contribution in [3.8, 4) is 0 Å². The molecule has 0 aromatic carbocycles. The molecule has 9 nitrogen and oxygen atoms in total. The summed E-state index contributed by atoms with van der Waals surface area (Å²) in [7, 11) is -2.63. The lowest BCUT2D eigenvalue weighted by Crippen LogP contribution is -2.19. The van der Waals surface area contributed by atoms with E-state index in [-0.39, 0.29) is 39.1 Å². The van der Waals surface area contributed by atoms with Gasteiger partial charge in [0.05, 0.1) is 26.3 Å². The van der Waals surface area contributed by atoms with Crippen molar-refractivity contribution < 1.29 is 33.6 Å². The monoisotopic (exact) mass is 284 g/mol. The predicted octanol–water partition coefficient (Wildman–Crippen LogP) is -0.115. The number of hydrogen-bond acceptors (Lipinski definition) is 7. The van der Waals surface area contributed by atoms with E-state index in [1.807, 2.05) is 0 Å². The van der Waals surface area contributed by atoms with Gasteiger partial charge in [0.2, 0.25) is 12.8 Å². The summed E-state index contributed by atoms with van der Waals surface area (Å²) >= 11 is 0. The predicted molar refractivity (Wildman–Crippen MR) is 59.3 cm³/mol. The molecule has 0 aromatic rings. The van der Waals surface area contributed by atoms with Crippen LogP contribution in [0.4, 0.5) is 0 Å². The van der Waals surface area contributed by atoms with E-state index in [2.05, 4.69) is 0 Å². The lowest BCUT2D eigenvalue weighted by atomic mass is 10.4. The van der Waals surface area contributed by atoms with Crippen LogP contribution in [0.15, 0.2) is 0 Å². The van der Waals surface area contributed by atoms with Gasteiger partial charge in [-0.3, -0.25) is 24.6 Å². The fraction of sp³-hybridized carbons (Fsp3) is 0.750. The molecule has 0 unspecified atom stereocenters. The maximum absolute atomic E-state index is 11.1. The van der Waals surface area contributed by atoms with Crippen LogP contribution in [0.1, 0.15) is 12.8 Å². The maximum Gasteiger partial charge on any atom is 0.319 e. The molecular formula is C8H17N2O7P. The second-order valence-corrected chi connectivity index (χ2v) is 4.27. The van der Waals surface area contributed by atoms with E-state index in [0.29, 0.717) is 23.0 Å². The van der Waals surface area contributed by atoms with Gasteiger partial charge in [0.1, 0.15) is 0 Å². The number of nitrogens with zero attached hydrogens (tertiary/aromatic N) is 2. The normalized spacial score (nSPS) is 10.4. The summed E-state index contributed by atoms with van der Waals surface area (Å²) in [6.45, 7) is 0.335. The number of carbonyl (C=O) groups is 2. The summed E-state index contributed by atoms with van der Waals surface area (Å²) in [5.74, 6) is 0. The summed E-state index contributed by atoms with van der Waals surface area (Å²) in [4.78, 5) is 20.0. The molecule has 0 atom stereocenters. The number of carbonyl (C=O) groups excluding carboxylic acids is 2. The molecule has 0 spiro atoms. The van der Waals surface area contributed by atoms with Crippen LogP contribution in [0.5, 0.6) is 0 Å². The van der Waals surface area contributed by atoms with E-state index in [0.717, 1.165) is 0 Å². The fourth-order valence-corrected chi connectivity index (χ4v) is 1.62. The van der Waals surface area contributed by atoms with Crippen molar-refractivity contribution in [3.63, 3.8) is 0 Å². The topological polar surface area (TPSA) is 117 Å². The van der Waals surface area contributed by atoms with Crippen LogP contribution < -0.4 is 0 Å². The Morgan fingerprint density at radius 3 is 1.67 bits per heavy atom. The molecule has 0 bridgehead atoms. The minimum atomic E-state index is -2.63. The quantitative estimate of drug-likeness (QED) is 0.169. The van der Waals surface area contributed by atoms with E-state index in [1.54, 1.807) is 0 Å². The molecule has 0 radical (unpaired) electrons. The van der Waals surface area contributed by atoms with Crippen molar-refractivity contribution in [2.75, 3.05) is 26.3 Å². The lowest BCUT2D eigenvalue weighted by Gasteiger charge is -2.09. The third-order valence-electron chi connectivity index (χ3n) is 1.75. The van der Waals surface area contributed by atoms with Gasteiger partial charge in [0.15, 0.2) is 0 Å². The van der Waals surface area contributed by atoms with Crippen molar-refractivity contribution in [3.05, 3.63) is 0 Å². The molecule has 0 aliphatic rings. The second-order valence-electron chi connectivity index (χ2n) is 3.19. The van der Waals surface area contributed by atoms with Crippen LogP contribution >= 0.6 is 8.25 Å². The van der Waals surface area contributed by atoms with Crippen LogP contribution in [0.25, 0.3) is 0 Å². The van der Waals surface area contributed by atoms with Gasteiger partial charge in [0, 0.05) is 0 Å². The Hall–Kier alpha value is -0.990. The average molecular weight is 284 g/mol. The zero-order chi connectivity index (χ0) is 13.8. The molecule has 18 heavy (non-hydrogen) atoms. The van der Waals surface area contributed by atoms with E-state index >= 15 is 0 Å². The Kier molecular flexibility index (Phi) is 10.5. The van der Waals surface area contributed by atoms with E-state index in [4.69, 9.17) is 19.5 Å². The number of hydroxylamine groups is 4. The Morgan fingerprint density at radius 1 is 0.944 bits per heavy atom. The van der Waals surface area contributed by atoms with Crippen molar-refractivity contribution in [2.45, 2.75) is 12.8 Å². The minimum Gasteiger partial charge on any atom is -0.311 e. The van der Waals surface area contributed by atoms with Crippen LogP contribution in [0.2, 0.25) is 0 Å². The Labute approximate surface area is 105 Å². The van der Waals surface area contributed by atoms with E-state index < -0.39 is 8.25 Å². The summed E-state index contributed by atoms with van der Waals surface area (Å²) in [5, 5.41) is 18.4. The molecule has 106 valence electrons. The third kappa shape index (κ3) is 10.2. The fourth-order valence-electron chi connectivity index (χ4n) is 0.911. The molecule has 2 amide bonds. The SMILES string of the molecule is O=CN(O)CCCO[PH](=O)OCCCN(O)C=O. The van der Waals surface area contributed by atoms with Gasteiger partial charge in [-0.05, 0) is 12.8 Å². The van der Waals surface area contributed by atoms with E-state index in [9.17, 15) is 14.2 Å². The standard InChI is InChI=1S/C8H17N2O7P/c11-7-9(13)3-1-5-16-18(15)17-6-2-4-10(14)8-12/h7-8,13-14,18H,1-6H2. The van der Waals surface area contributed by atoms with Gasteiger partial charge in [-0.25, -0.2) is 10.1 Å². The summed E-state index contributed by atoms with van der Waals surface area (Å²) in [5.41, 5.74) is 0. The first-order valence-corrected chi connectivity index (χ1v) is 6.43. The highest BCUT2D eigenvalue weighted by Crippen LogP contribution is 2.23. The van der Waals surface area contributed by atoms with Crippen molar-refractivity contribution in [1.82, 2.24) is 10.1 Å². The van der Waals surface area contributed by atoms with Crippen LogP contribution in [0.3, 0.4) is 0 Å². The van der Waals surface area contributed by atoms with E-state index in [1.165, 1.54) is 0 Å². The molecule has 0 saturated carbocycles. The molecule has 0 fully saturated rings. The number of amides is 2. The molecule has 0 heterocycles. The third-order valence-corrected chi connectivity index (χ3v) is 2.63. The summed E-state index contributed by atoms with van der Waals surface area (Å²) < 4.78 is 20.7. The molecule has 0 aliphatic carbocycles. The highest BCUT2D eigenvalue weighted by Gasteiger charge is 2.02. The van der Waals surface area contributed by atoms with Gasteiger partial charge in [-0.15, -0.1) is 0 Å². The van der Waals surface area contributed by atoms with Crippen LogP contribution in [0, 0.1) is 0 Å². The largest absolute Gasteiger partial charge is 0.319 e. The van der Waals surface area contributed by atoms with Crippen LogP contribution in [-0.2, 0) is 23.2 Å². The Morgan fingerprint density at radius 2 is 1.33 bits per heavy atom. The van der Waals surface area contributed by atoms with Gasteiger partial charge in [-0.2, -0.15) is 0 Å². The molecule has 0 aliphatic heterocycles. The summed E-state index contributed by atoms with van der Waals surface area (Å²) in [6, 6.07) is 0. The smallest absolute Gasteiger partial charge is 0.311 e. The Balaban J connectivity index is 3.37. The minimum absolute atomic E-state index is 0.0808. The first-order valence-electron chi connectivity index (χ1n) is 5.21. The molecule has 2 N–H and O–H groups in total. The molecular weight excluding hydrogens is 267 g/mol. The van der Waals surface area contributed by atoms with Gasteiger partial charge in [-0.1, -0.05) is 0 Å². The van der Waals surface area contributed by atoms with Crippen molar-refractivity contribution in [2.24, 2.45) is 0 Å². The second kappa shape index (κ2) is 11.1. The maximum atomic E-state index is 11.1. The highest BCUT2D eigenvalue weighted by molar-refractivity contribution is 7.33. The zero-order valence-electron chi connectivity index (χ0n) is 9.73. The van der Waals surface area contributed by atoms with Gasteiger partial charge < -0.3 is 9.05 Å². The molecule has 0 rings (SSSR count). The first kappa shape index (κ1) is 17.0. The van der Waals surface area contributed by atoms with Gasteiger partial charge >= 0.3 is 8.25 Å². The summed E-state index contributed by atoms with van der Waals surface area (Å²) in [6.07, 6.45) is 1.16. The van der Waals surface area contributed by atoms with Gasteiger partial charge in [0.25, 0.3) is 0 Å². The Bertz CT molecular complexity index is 242. The zero-order valence-corrected chi connectivity index (χ0v) is 10.7. The molecule has 0 aromatic heterocycles. The van der Waals surface area contributed by atoms with Crippen LogP contribution in [-0.4, -0.2) is 59.7 Å². The average Bonchev–Trinajstić information content (AvgIpc) is 2.38.